The second-order valence-corrected chi connectivity index (χ2v) is 10.1. The highest BCUT2D eigenvalue weighted by molar-refractivity contribution is 9.13. The van der Waals surface area contributed by atoms with E-state index in [2.05, 4.69) is 38.4 Å². The average molecular weight is 606 g/mol. The second kappa shape index (κ2) is 7.88. The minimum Gasteiger partial charge on any atom is -0.503 e. The van der Waals surface area contributed by atoms with Crippen LogP contribution in [0.15, 0.2) is 49.4 Å². The van der Waals surface area contributed by atoms with Crippen LogP contribution in [0.3, 0.4) is 0 Å². The lowest BCUT2D eigenvalue weighted by molar-refractivity contribution is -0.127. The molecule has 0 bridgehead atoms. The molecule has 10 heteroatoms. The van der Waals surface area contributed by atoms with E-state index >= 15 is 0 Å². The third-order valence-corrected chi connectivity index (χ3v) is 9.56. The average Bonchev–Trinajstić information content (AvgIpc) is 2.71. The Morgan fingerprint density at radius 3 is 2.34 bits per heavy atom. The van der Waals surface area contributed by atoms with E-state index in [0.29, 0.717) is 15.6 Å². The van der Waals surface area contributed by atoms with Gasteiger partial charge in [0.25, 0.3) is 0 Å². The molecule has 4 nitrogen and oxygen atoms in total. The number of phenols is 1. The van der Waals surface area contributed by atoms with Crippen LogP contribution < -0.4 is 4.74 Å². The number of carbonyl (C=O) groups excluding carboxylic acids is 2. The minimum absolute atomic E-state index is 0.0467. The lowest BCUT2D eigenvalue weighted by Gasteiger charge is -2.50. The van der Waals surface area contributed by atoms with Crippen molar-refractivity contribution in [2.75, 3.05) is 7.11 Å². The molecule has 1 N–H and O–H groups in total. The molecule has 0 saturated carbocycles. The number of fused-ring (bicyclic) bond motifs is 1. The molecule has 3 rings (SSSR count). The number of ether oxygens (including phenoxy) is 1. The van der Waals surface area contributed by atoms with Crippen molar-refractivity contribution < 1.29 is 19.4 Å². The predicted octanol–water partition coefficient (Wildman–Crippen LogP) is 6.32. The normalized spacial score (nSPS) is 29.5. The Bertz CT molecular complexity index is 1040. The first-order chi connectivity index (χ1) is 13.5. The SMILES string of the molecule is C=CC1=CCC2(Cl)C(=O)C(Cl)=C(Cl)C(=O)C2(Cl)C1c1cc(OC)c(O)c(Br)c1Br. The number of aromatic hydroxyl groups is 1. The Labute approximate surface area is 203 Å². The van der Waals surface area contributed by atoms with Gasteiger partial charge in [-0.2, -0.15) is 0 Å². The standard InChI is InChI=1S/C19H12Br2Cl4O4/c1-3-7-4-5-18(24)16(27)13(22)14(23)17(28)19(18,25)10(7)8-6-9(29-2)15(26)12(21)11(8)20/h3-4,6,10,26H,1,5H2,2H3. The summed E-state index contributed by atoms with van der Waals surface area (Å²) < 4.78 is 5.90. The molecule has 29 heavy (non-hydrogen) atoms. The number of Topliss-reactive ketones (excluding diaryl/α,β-unsaturated/α-hetero) is 2. The fourth-order valence-electron chi connectivity index (χ4n) is 3.66. The highest BCUT2D eigenvalue weighted by Gasteiger charge is 2.68. The molecule has 1 aromatic rings. The fourth-order valence-corrected chi connectivity index (χ4v) is 6.06. The zero-order chi connectivity index (χ0) is 21.9. The molecule has 0 radical (unpaired) electrons. The van der Waals surface area contributed by atoms with Gasteiger partial charge in [0, 0.05) is 10.4 Å². The number of alkyl halides is 2. The Balaban J connectivity index is 2.42. The summed E-state index contributed by atoms with van der Waals surface area (Å²) in [6.45, 7) is 3.80. The van der Waals surface area contributed by atoms with Crippen molar-refractivity contribution in [3.8, 4) is 11.5 Å². The number of rotatable bonds is 3. The van der Waals surface area contributed by atoms with Gasteiger partial charge in [-0.3, -0.25) is 9.59 Å². The van der Waals surface area contributed by atoms with Crippen LogP contribution in [0.1, 0.15) is 17.9 Å². The van der Waals surface area contributed by atoms with Crippen molar-refractivity contribution in [3.63, 3.8) is 0 Å². The van der Waals surface area contributed by atoms with Crippen molar-refractivity contribution in [2.24, 2.45) is 0 Å². The van der Waals surface area contributed by atoms with Crippen LogP contribution in [0.2, 0.25) is 0 Å². The molecule has 2 aliphatic carbocycles. The van der Waals surface area contributed by atoms with E-state index in [9.17, 15) is 14.7 Å². The number of carbonyl (C=O) groups is 2. The first-order valence-corrected chi connectivity index (χ1v) is 11.2. The summed E-state index contributed by atoms with van der Waals surface area (Å²) >= 11 is 32.5. The number of hydrogen-bond acceptors (Lipinski definition) is 4. The smallest absolute Gasteiger partial charge is 0.199 e. The molecule has 0 fully saturated rings. The number of benzene rings is 1. The monoisotopic (exact) mass is 602 g/mol. The molecule has 3 atom stereocenters. The Kier molecular flexibility index (Phi) is 6.30. The van der Waals surface area contributed by atoms with E-state index in [1.165, 1.54) is 19.3 Å². The van der Waals surface area contributed by atoms with Crippen molar-refractivity contribution >= 4 is 89.8 Å². The maximum absolute atomic E-state index is 13.3. The van der Waals surface area contributed by atoms with E-state index in [-0.39, 0.29) is 22.4 Å². The highest BCUT2D eigenvalue weighted by atomic mass is 79.9. The molecule has 3 unspecified atom stereocenters. The van der Waals surface area contributed by atoms with Gasteiger partial charge in [-0.25, -0.2) is 0 Å². The van der Waals surface area contributed by atoms with Crippen LogP contribution >= 0.6 is 78.3 Å². The molecule has 0 heterocycles. The topological polar surface area (TPSA) is 63.6 Å². The van der Waals surface area contributed by atoms with Crippen LogP contribution in [-0.4, -0.2) is 33.5 Å². The number of halogens is 6. The zero-order valence-corrected chi connectivity index (χ0v) is 20.9. The van der Waals surface area contributed by atoms with Crippen LogP contribution in [0.25, 0.3) is 0 Å². The summed E-state index contributed by atoms with van der Waals surface area (Å²) in [6, 6.07) is 1.50. The van der Waals surface area contributed by atoms with E-state index in [0.717, 1.165) is 0 Å². The third-order valence-electron chi connectivity index (χ3n) is 5.15. The molecular formula is C19H12Br2Cl4O4. The fraction of sp³-hybridized carbons (Fsp3) is 0.263. The summed E-state index contributed by atoms with van der Waals surface area (Å²) in [5.41, 5.74) is 0.987. The zero-order valence-electron chi connectivity index (χ0n) is 14.7. The van der Waals surface area contributed by atoms with Crippen LogP contribution in [-0.2, 0) is 9.59 Å². The first-order valence-electron chi connectivity index (χ1n) is 8.07. The van der Waals surface area contributed by atoms with Crippen molar-refractivity contribution in [1.29, 1.82) is 0 Å². The van der Waals surface area contributed by atoms with E-state index < -0.39 is 37.3 Å². The molecule has 2 aliphatic rings. The summed E-state index contributed by atoms with van der Waals surface area (Å²) in [4.78, 5) is 22.4. The summed E-state index contributed by atoms with van der Waals surface area (Å²) in [5.74, 6) is -2.49. The van der Waals surface area contributed by atoms with E-state index in [1.807, 2.05) is 0 Å². The molecule has 1 aromatic carbocycles. The van der Waals surface area contributed by atoms with Crippen LogP contribution in [0.5, 0.6) is 11.5 Å². The highest BCUT2D eigenvalue weighted by Crippen LogP contribution is 2.61. The van der Waals surface area contributed by atoms with Crippen molar-refractivity contribution in [2.45, 2.75) is 22.1 Å². The van der Waals surface area contributed by atoms with E-state index in [4.69, 9.17) is 51.1 Å². The summed E-state index contributed by atoms with van der Waals surface area (Å²) in [7, 11) is 1.38. The number of ketones is 2. The maximum Gasteiger partial charge on any atom is 0.199 e. The first kappa shape index (κ1) is 23.2. The van der Waals surface area contributed by atoms with Gasteiger partial charge < -0.3 is 9.84 Å². The van der Waals surface area contributed by atoms with Gasteiger partial charge in [0.2, 0.25) is 0 Å². The largest absolute Gasteiger partial charge is 0.503 e. The van der Waals surface area contributed by atoms with Gasteiger partial charge >= 0.3 is 0 Å². The molecule has 0 saturated heterocycles. The minimum atomic E-state index is -2.00. The van der Waals surface area contributed by atoms with Gasteiger partial charge in [-0.1, -0.05) is 41.9 Å². The maximum atomic E-state index is 13.3. The van der Waals surface area contributed by atoms with Gasteiger partial charge in [0.15, 0.2) is 23.1 Å². The summed E-state index contributed by atoms with van der Waals surface area (Å²) in [5, 5.41) is 9.36. The lowest BCUT2D eigenvalue weighted by Crippen LogP contribution is -2.64. The van der Waals surface area contributed by atoms with E-state index in [1.54, 1.807) is 6.08 Å². The number of hydrogen-bond donors (Lipinski definition) is 1. The van der Waals surface area contributed by atoms with Gasteiger partial charge in [0.1, 0.15) is 19.8 Å². The Morgan fingerprint density at radius 2 is 1.79 bits per heavy atom. The quantitative estimate of drug-likeness (QED) is 0.410. The van der Waals surface area contributed by atoms with Crippen LogP contribution in [0, 0.1) is 0 Å². The predicted molar refractivity (Wildman–Crippen MR) is 122 cm³/mol. The third kappa shape index (κ3) is 3.06. The van der Waals surface area contributed by atoms with Crippen molar-refractivity contribution in [1.82, 2.24) is 0 Å². The number of allylic oxidation sites excluding steroid dienone is 5. The van der Waals surface area contributed by atoms with Crippen LogP contribution in [0.4, 0.5) is 0 Å². The Hall–Kier alpha value is -0.500. The molecule has 0 spiro atoms. The van der Waals surface area contributed by atoms with Gasteiger partial charge in [-0.05, 0) is 55.5 Å². The number of phenolic OH excluding ortho intramolecular Hbond substituents is 1. The summed E-state index contributed by atoms with van der Waals surface area (Å²) in [6.07, 6.45) is 3.16. The molecular weight excluding hydrogens is 594 g/mol. The second-order valence-electron chi connectivity index (χ2n) is 6.49. The van der Waals surface area contributed by atoms with Gasteiger partial charge in [-0.15, -0.1) is 23.2 Å². The molecule has 154 valence electrons. The lowest BCUT2D eigenvalue weighted by atomic mass is 9.62. The molecule has 0 amide bonds. The molecule has 0 aromatic heterocycles. The number of methoxy groups -OCH3 is 1. The Morgan fingerprint density at radius 1 is 1.21 bits per heavy atom. The van der Waals surface area contributed by atoms with Crippen molar-refractivity contribution in [3.05, 3.63) is 54.9 Å². The molecule has 0 aliphatic heterocycles. The van der Waals surface area contributed by atoms with Gasteiger partial charge in [0.05, 0.1) is 11.6 Å².